The van der Waals surface area contributed by atoms with Gasteiger partial charge in [0, 0.05) is 0 Å². The Morgan fingerprint density at radius 1 is 0.512 bits per heavy atom. The second-order valence-electron chi connectivity index (χ2n) is 9.60. The Bertz CT molecular complexity index is 1260. The van der Waals surface area contributed by atoms with Gasteiger partial charge in [-0.05, 0) is 55.7 Å². The second kappa shape index (κ2) is 18.1. The first kappa shape index (κ1) is 33.0. The monoisotopic (exact) mass is 591 g/mol. The molecule has 0 saturated carbocycles. The molecule has 0 aliphatic heterocycles. The predicted molar refractivity (Wildman–Crippen MR) is 163 cm³/mol. The number of carbonyl (C=O) groups is 3. The first-order valence-electron chi connectivity index (χ1n) is 14.8. The highest BCUT2D eigenvalue weighted by Gasteiger charge is 2.22. The van der Waals surface area contributed by atoms with Gasteiger partial charge in [0.15, 0.2) is 0 Å². The van der Waals surface area contributed by atoms with Crippen molar-refractivity contribution in [2.75, 3.05) is 46.1 Å². The molecular formula is C34H41NO8. The second-order valence-corrected chi connectivity index (χ2v) is 9.60. The van der Waals surface area contributed by atoms with Gasteiger partial charge < -0.3 is 28.6 Å². The highest BCUT2D eigenvalue weighted by atomic mass is 16.5. The van der Waals surface area contributed by atoms with Crippen LogP contribution in [-0.4, -0.2) is 68.9 Å². The van der Waals surface area contributed by atoms with Gasteiger partial charge in [-0.3, -0.25) is 4.79 Å². The van der Waals surface area contributed by atoms with E-state index in [1.54, 1.807) is 72.8 Å². The maximum atomic E-state index is 13.7. The number of carbonyl (C=O) groups excluding carboxylic acids is 3. The highest BCUT2D eigenvalue weighted by molar-refractivity contribution is 5.97. The van der Waals surface area contributed by atoms with Crippen molar-refractivity contribution in [3.63, 3.8) is 0 Å². The van der Waals surface area contributed by atoms with Crippen molar-refractivity contribution in [1.29, 1.82) is 0 Å². The third-order valence-corrected chi connectivity index (χ3v) is 6.19. The van der Waals surface area contributed by atoms with Gasteiger partial charge in [-0.1, -0.05) is 57.2 Å². The fraction of sp³-hybridized carbons (Fsp3) is 0.382. The fourth-order valence-corrected chi connectivity index (χ4v) is 4.07. The third kappa shape index (κ3) is 10.1. The molecule has 0 bridgehead atoms. The molecule has 0 N–H and O–H groups in total. The van der Waals surface area contributed by atoms with E-state index in [0.717, 1.165) is 19.3 Å². The van der Waals surface area contributed by atoms with Crippen LogP contribution >= 0.6 is 0 Å². The maximum absolute atomic E-state index is 13.7. The summed E-state index contributed by atoms with van der Waals surface area (Å²) in [6.07, 6.45) is 2.38. The number of benzene rings is 3. The first-order valence-corrected chi connectivity index (χ1v) is 14.8. The van der Waals surface area contributed by atoms with E-state index in [-0.39, 0.29) is 32.2 Å². The summed E-state index contributed by atoms with van der Waals surface area (Å²) >= 11 is 0. The van der Waals surface area contributed by atoms with Gasteiger partial charge in [-0.25, -0.2) is 9.59 Å². The summed E-state index contributed by atoms with van der Waals surface area (Å²) in [6.45, 7) is 7.33. The number of amides is 1. The van der Waals surface area contributed by atoms with Crippen LogP contribution in [0.3, 0.4) is 0 Å². The van der Waals surface area contributed by atoms with Crippen LogP contribution in [-0.2, 0) is 9.47 Å². The van der Waals surface area contributed by atoms with Crippen molar-refractivity contribution in [3.05, 3.63) is 89.5 Å². The molecule has 3 aromatic carbocycles. The standard InChI is InChI=1S/C34H41NO8/c1-4-21-39-29-16-10-7-13-26(29)32(36)35(19-24-42-33(37)27-14-8-11-17-30(27)40-22-5-2)20-25-43-34(38)28-15-9-12-18-31(28)41-23-6-3/h7-18H,4-6,19-25H2,1-3H3. The number of esters is 2. The molecular weight excluding hydrogens is 550 g/mol. The van der Waals surface area contributed by atoms with E-state index in [2.05, 4.69) is 0 Å². The zero-order valence-corrected chi connectivity index (χ0v) is 25.2. The summed E-state index contributed by atoms with van der Waals surface area (Å²) in [5, 5.41) is 0. The lowest BCUT2D eigenvalue weighted by atomic mass is 10.1. The topological polar surface area (TPSA) is 101 Å². The predicted octanol–water partition coefficient (Wildman–Crippen LogP) is 6.21. The minimum Gasteiger partial charge on any atom is -0.493 e. The number of rotatable bonds is 18. The van der Waals surface area contributed by atoms with Crippen molar-refractivity contribution >= 4 is 17.8 Å². The van der Waals surface area contributed by atoms with E-state index in [1.165, 1.54) is 4.90 Å². The molecule has 0 saturated heterocycles. The zero-order valence-electron chi connectivity index (χ0n) is 25.2. The van der Waals surface area contributed by atoms with Gasteiger partial charge in [0.1, 0.15) is 41.6 Å². The van der Waals surface area contributed by atoms with Gasteiger partial charge in [0.25, 0.3) is 5.91 Å². The van der Waals surface area contributed by atoms with Crippen LogP contribution in [0, 0.1) is 0 Å². The van der Waals surface area contributed by atoms with Crippen LogP contribution in [0.5, 0.6) is 17.2 Å². The van der Waals surface area contributed by atoms with E-state index in [0.29, 0.717) is 53.8 Å². The normalized spacial score (nSPS) is 10.5. The van der Waals surface area contributed by atoms with Crippen molar-refractivity contribution in [3.8, 4) is 17.2 Å². The molecule has 0 aromatic heterocycles. The van der Waals surface area contributed by atoms with Gasteiger partial charge in [0.2, 0.25) is 0 Å². The molecule has 0 spiro atoms. The molecule has 230 valence electrons. The molecule has 9 nitrogen and oxygen atoms in total. The average Bonchev–Trinajstić information content (AvgIpc) is 3.04. The number of ether oxygens (including phenoxy) is 5. The van der Waals surface area contributed by atoms with Crippen molar-refractivity contribution in [2.45, 2.75) is 40.0 Å². The van der Waals surface area contributed by atoms with Crippen LogP contribution in [0.15, 0.2) is 72.8 Å². The van der Waals surface area contributed by atoms with Gasteiger partial charge in [-0.15, -0.1) is 0 Å². The largest absolute Gasteiger partial charge is 0.493 e. The Kier molecular flexibility index (Phi) is 13.9. The number of hydrogen-bond donors (Lipinski definition) is 0. The number of para-hydroxylation sites is 3. The molecule has 3 aromatic rings. The summed E-state index contributed by atoms with van der Waals surface area (Å²) in [4.78, 5) is 40.9. The van der Waals surface area contributed by atoms with Crippen LogP contribution < -0.4 is 14.2 Å². The molecule has 0 aliphatic carbocycles. The maximum Gasteiger partial charge on any atom is 0.341 e. The summed E-state index contributed by atoms with van der Waals surface area (Å²) in [7, 11) is 0. The van der Waals surface area contributed by atoms with Gasteiger partial charge >= 0.3 is 11.9 Å². The molecule has 0 aliphatic rings. The van der Waals surface area contributed by atoms with Crippen molar-refractivity contribution in [2.24, 2.45) is 0 Å². The lowest BCUT2D eigenvalue weighted by Gasteiger charge is -2.24. The summed E-state index contributed by atoms with van der Waals surface area (Å²) < 4.78 is 28.3. The fourth-order valence-electron chi connectivity index (χ4n) is 4.07. The SMILES string of the molecule is CCCOc1ccccc1C(=O)OCCN(CCOC(=O)c1ccccc1OCCC)C(=O)c1ccccc1OCCC. The molecule has 0 atom stereocenters. The highest BCUT2D eigenvalue weighted by Crippen LogP contribution is 2.22. The minimum atomic E-state index is -0.555. The molecule has 43 heavy (non-hydrogen) atoms. The lowest BCUT2D eigenvalue weighted by Crippen LogP contribution is -2.37. The summed E-state index contributed by atoms with van der Waals surface area (Å²) in [5.74, 6) is -0.102. The Morgan fingerprint density at radius 3 is 1.26 bits per heavy atom. The summed E-state index contributed by atoms with van der Waals surface area (Å²) in [6, 6.07) is 20.7. The van der Waals surface area contributed by atoms with E-state index in [4.69, 9.17) is 23.7 Å². The molecule has 3 rings (SSSR count). The Hall–Kier alpha value is -4.53. The average molecular weight is 592 g/mol. The quantitative estimate of drug-likeness (QED) is 0.161. The van der Waals surface area contributed by atoms with Crippen LogP contribution in [0.4, 0.5) is 0 Å². The molecule has 0 heterocycles. The van der Waals surface area contributed by atoms with Crippen LogP contribution in [0.2, 0.25) is 0 Å². The van der Waals surface area contributed by atoms with E-state index in [1.807, 2.05) is 20.8 Å². The molecule has 9 heteroatoms. The van der Waals surface area contributed by atoms with Crippen LogP contribution in [0.1, 0.15) is 71.1 Å². The molecule has 1 amide bonds. The third-order valence-electron chi connectivity index (χ3n) is 6.19. The first-order chi connectivity index (χ1) is 21.0. The van der Waals surface area contributed by atoms with Crippen molar-refractivity contribution in [1.82, 2.24) is 4.90 Å². The summed E-state index contributed by atoms with van der Waals surface area (Å²) in [5.41, 5.74) is 0.986. The number of nitrogens with zero attached hydrogens (tertiary/aromatic N) is 1. The smallest absolute Gasteiger partial charge is 0.341 e. The minimum absolute atomic E-state index is 0.0679. The van der Waals surface area contributed by atoms with Crippen molar-refractivity contribution < 1.29 is 38.1 Å². The van der Waals surface area contributed by atoms with E-state index < -0.39 is 11.9 Å². The molecule has 0 radical (unpaired) electrons. The van der Waals surface area contributed by atoms with Gasteiger partial charge in [-0.2, -0.15) is 0 Å². The van der Waals surface area contributed by atoms with E-state index in [9.17, 15) is 14.4 Å². The Morgan fingerprint density at radius 2 is 0.860 bits per heavy atom. The van der Waals surface area contributed by atoms with Crippen LogP contribution in [0.25, 0.3) is 0 Å². The Balaban J connectivity index is 1.71. The van der Waals surface area contributed by atoms with Gasteiger partial charge in [0.05, 0.1) is 38.5 Å². The molecule has 0 unspecified atom stereocenters. The lowest BCUT2D eigenvalue weighted by molar-refractivity contribution is 0.0357. The molecule has 0 fully saturated rings. The Labute approximate surface area is 253 Å². The number of hydrogen-bond acceptors (Lipinski definition) is 8. The van der Waals surface area contributed by atoms with E-state index >= 15 is 0 Å². The zero-order chi connectivity index (χ0) is 30.9.